The van der Waals surface area contributed by atoms with E-state index >= 15 is 0 Å². The van der Waals surface area contributed by atoms with Gasteiger partial charge in [-0.3, -0.25) is 4.79 Å². The van der Waals surface area contributed by atoms with Crippen LogP contribution in [0.3, 0.4) is 0 Å². The number of nitrogens with two attached hydrogens (primary N) is 1. The summed E-state index contributed by atoms with van der Waals surface area (Å²) in [6, 6.07) is 11.4. The van der Waals surface area contributed by atoms with Crippen molar-refractivity contribution in [2.24, 2.45) is 17.6 Å². The van der Waals surface area contributed by atoms with E-state index in [-0.39, 0.29) is 43.2 Å². The number of aliphatic hydroxyl groups is 1. The lowest BCUT2D eigenvalue weighted by Gasteiger charge is -2.25. The molecule has 35 heavy (non-hydrogen) atoms. The highest BCUT2D eigenvalue weighted by atomic mass is 19.1. The van der Waals surface area contributed by atoms with Crippen LogP contribution in [0.15, 0.2) is 42.5 Å². The molecule has 0 saturated carbocycles. The molecule has 0 aliphatic rings. The number of benzene rings is 2. The summed E-state index contributed by atoms with van der Waals surface area (Å²) in [4.78, 5) is 12.1. The van der Waals surface area contributed by atoms with Crippen molar-refractivity contribution in [3.05, 3.63) is 53.8 Å². The summed E-state index contributed by atoms with van der Waals surface area (Å²) in [5, 5.41) is 13.1. The molecule has 1 amide bonds. The van der Waals surface area contributed by atoms with Gasteiger partial charge in [0.2, 0.25) is 5.91 Å². The first-order valence-corrected chi connectivity index (χ1v) is 12.0. The van der Waals surface area contributed by atoms with Crippen LogP contribution in [0.1, 0.15) is 32.3 Å². The fourth-order valence-corrected chi connectivity index (χ4v) is 3.76. The topological polar surface area (TPSA) is 103 Å². The van der Waals surface area contributed by atoms with E-state index in [1.54, 1.807) is 26.3 Å². The largest absolute Gasteiger partial charge is 0.493 e. The Hall–Kier alpha value is -2.52. The standard InChI is InChI=1S/C27H39FN2O5/c1-18(2)23(27(32)30-3)15-25(31)24(29)17-34-16-19-6-11-22(20-7-9-21(28)10-8-20)26(14-19)35-13-5-12-33-4/h6-11,14,18,23-25,31H,5,12-13,15-17,29H2,1-4H3,(H,30,32). The minimum atomic E-state index is -0.861. The van der Waals surface area contributed by atoms with E-state index < -0.39 is 12.1 Å². The Bertz CT molecular complexity index is 907. The molecule has 2 rings (SSSR count). The van der Waals surface area contributed by atoms with Gasteiger partial charge in [-0.15, -0.1) is 0 Å². The highest BCUT2D eigenvalue weighted by Crippen LogP contribution is 2.32. The smallest absolute Gasteiger partial charge is 0.223 e. The monoisotopic (exact) mass is 490 g/mol. The molecule has 3 unspecified atom stereocenters. The molecule has 0 spiro atoms. The van der Waals surface area contributed by atoms with Gasteiger partial charge in [0, 0.05) is 38.7 Å². The van der Waals surface area contributed by atoms with Crippen LogP contribution in [0.4, 0.5) is 4.39 Å². The lowest BCUT2D eigenvalue weighted by Crippen LogP contribution is -2.43. The van der Waals surface area contributed by atoms with Crippen molar-refractivity contribution in [3.8, 4) is 16.9 Å². The van der Waals surface area contributed by atoms with Crippen molar-refractivity contribution in [1.82, 2.24) is 5.32 Å². The van der Waals surface area contributed by atoms with E-state index in [2.05, 4.69) is 5.32 Å². The first kappa shape index (κ1) is 28.7. The number of hydrogen-bond donors (Lipinski definition) is 3. The first-order valence-electron chi connectivity index (χ1n) is 12.0. The molecule has 0 heterocycles. The molecule has 0 saturated heterocycles. The van der Waals surface area contributed by atoms with Gasteiger partial charge < -0.3 is 30.4 Å². The third kappa shape index (κ3) is 9.22. The molecule has 7 nitrogen and oxygen atoms in total. The van der Waals surface area contributed by atoms with Gasteiger partial charge in [0.25, 0.3) is 0 Å². The Morgan fingerprint density at radius 3 is 2.49 bits per heavy atom. The van der Waals surface area contributed by atoms with Gasteiger partial charge in [-0.05, 0) is 41.7 Å². The molecule has 8 heteroatoms. The van der Waals surface area contributed by atoms with Crippen molar-refractivity contribution in [2.75, 3.05) is 34.0 Å². The molecule has 0 aliphatic carbocycles. The number of halogens is 1. The molecule has 0 bridgehead atoms. The van der Waals surface area contributed by atoms with Crippen LogP contribution in [0.5, 0.6) is 5.75 Å². The molecule has 0 fully saturated rings. The van der Waals surface area contributed by atoms with Crippen molar-refractivity contribution in [1.29, 1.82) is 0 Å². The normalized spacial score (nSPS) is 13.9. The average molecular weight is 491 g/mol. The number of carbonyl (C=O) groups excluding carboxylic acids is 1. The fourth-order valence-electron chi connectivity index (χ4n) is 3.76. The number of aliphatic hydroxyl groups excluding tert-OH is 1. The molecule has 194 valence electrons. The van der Waals surface area contributed by atoms with Gasteiger partial charge in [0.05, 0.1) is 32.0 Å². The Balaban J connectivity index is 2.01. The van der Waals surface area contributed by atoms with Gasteiger partial charge in [-0.25, -0.2) is 4.39 Å². The molecular formula is C27H39FN2O5. The lowest BCUT2D eigenvalue weighted by molar-refractivity contribution is -0.127. The summed E-state index contributed by atoms with van der Waals surface area (Å²) < 4.78 is 30.2. The number of hydrogen-bond acceptors (Lipinski definition) is 6. The predicted molar refractivity (Wildman–Crippen MR) is 134 cm³/mol. The summed E-state index contributed by atoms with van der Waals surface area (Å²) in [6.45, 7) is 5.38. The Morgan fingerprint density at radius 1 is 1.14 bits per heavy atom. The van der Waals surface area contributed by atoms with Crippen LogP contribution in [-0.4, -0.2) is 57.1 Å². The number of rotatable bonds is 15. The van der Waals surface area contributed by atoms with Crippen LogP contribution < -0.4 is 15.8 Å². The van der Waals surface area contributed by atoms with Crippen molar-refractivity contribution in [3.63, 3.8) is 0 Å². The number of carbonyl (C=O) groups is 1. The minimum absolute atomic E-state index is 0.0830. The Morgan fingerprint density at radius 2 is 1.86 bits per heavy atom. The van der Waals surface area contributed by atoms with Crippen LogP contribution in [-0.2, 0) is 20.9 Å². The maximum atomic E-state index is 13.4. The summed E-state index contributed by atoms with van der Waals surface area (Å²) >= 11 is 0. The molecule has 2 aromatic rings. The second kappa shape index (κ2) is 14.8. The average Bonchev–Trinajstić information content (AvgIpc) is 2.85. The lowest BCUT2D eigenvalue weighted by atomic mass is 9.87. The van der Waals surface area contributed by atoms with Crippen molar-refractivity contribution >= 4 is 5.91 Å². The summed E-state index contributed by atoms with van der Waals surface area (Å²) in [7, 11) is 3.23. The zero-order valence-electron chi connectivity index (χ0n) is 21.1. The van der Waals surface area contributed by atoms with E-state index in [1.165, 1.54) is 12.1 Å². The zero-order valence-corrected chi connectivity index (χ0v) is 21.1. The highest BCUT2D eigenvalue weighted by Gasteiger charge is 2.27. The third-order valence-electron chi connectivity index (χ3n) is 5.91. The Kier molecular flexibility index (Phi) is 12.1. The summed E-state index contributed by atoms with van der Waals surface area (Å²) in [6.07, 6.45) is 0.147. The molecule has 0 aromatic heterocycles. The van der Waals surface area contributed by atoms with Gasteiger partial charge in [0.15, 0.2) is 0 Å². The molecule has 2 aromatic carbocycles. The third-order valence-corrected chi connectivity index (χ3v) is 5.91. The predicted octanol–water partition coefficient (Wildman–Crippen LogP) is 3.52. The minimum Gasteiger partial charge on any atom is -0.493 e. The molecule has 4 N–H and O–H groups in total. The van der Waals surface area contributed by atoms with E-state index in [4.69, 9.17) is 19.9 Å². The SMILES string of the molecule is CNC(=O)C(CC(O)C(N)COCc1ccc(-c2ccc(F)cc2)c(OCCCOC)c1)C(C)C. The van der Waals surface area contributed by atoms with E-state index in [1.807, 2.05) is 32.0 Å². The van der Waals surface area contributed by atoms with Gasteiger partial charge >= 0.3 is 0 Å². The van der Waals surface area contributed by atoms with E-state index in [0.29, 0.717) is 19.0 Å². The van der Waals surface area contributed by atoms with Gasteiger partial charge in [-0.2, -0.15) is 0 Å². The molecule has 0 aliphatic heterocycles. The second-order valence-electron chi connectivity index (χ2n) is 8.98. The number of amides is 1. The van der Waals surface area contributed by atoms with E-state index in [0.717, 1.165) is 23.1 Å². The maximum absolute atomic E-state index is 13.4. The van der Waals surface area contributed by atoms with Crippen LogP contribution in [0.2, 0.25) is 0 Å². The second-order valence-corrected chi connectivity index (χ2v) is 8.98. The summed E-state index contributed by atoms with van der Waals surface area (Å²) in [5.74, 6) is 0.0300. The first-order chi connectivity index (χ1) is 16.8. The Labute approximate surface area is 207 Å². The zero-order chi connectivity index (χ0) is 25.8. The quantitative estimate of drug-likeness (QED) is 0.330. The number of methoxy groups -OCH3 is 1. The maximum Gasteiger partial charge on any atom is 0.223 e. The van der Waals surface area contributed by atoms with Crippen LogP contribution >= 0.6 is 0 Å². The van der Waals surface area contributed by atoms with Crippen LogP contribution in [0, 0.1) is 17.7 Å². The van der Waals surface area contributed by atoms with E-state index in [9.17, 15) is 14.3 Å². The molecular weight excluding hydrogens is 451 g/mol. The molecule has 3 atom stereocenters. The highest BCUT2D eigenvalue weighted by molar-refractivity contribution is 5.78. The summed E-state index contributed by atoms with van der Waals surface area (Å²) in [5.41, 5.74) is 8.72. The number of ether oxygens (including phenoxy) is 3. The number of nitrogens with one attached hydrogen (secondary N) is 1. The van der Waals surface area contributed by atoms with Crippen LogP contribution in [0.25, 0.3) is 11.1 Å². The van der Waals surface area contributed by atoms with Gasteiger partial charge in [-0.1, -0.05) is 38.1 Å². The van der Waals surface area contributed by atoms with Crippen molar-refractivity contribution in [2.45, 2.75) is 45.4 Å². The van der Waals surface area contributed by atoms with Crippen molar-refractivity contribution < 1.29 is 28.5 Å². The molecule has 0 radical (unpaired) electrons. The fraction of sp³-hybridized carbons (Fsp3) is 0.519. The van der Waals surface area contributed by atoms with Gasteiger partial charge in [0.1, 0.15) is 11.6 Å².